The molecular weight excluding hydrogens is 280 g/mol. The number of carbonyl (C=O) groups is 2. The van der Waals surface area contributed by atoms with Crippen LogP contribution in [0.25, 0.3) is 0 Å². The molecule has 2 unspecified atom stereocenters. The minimum absolute atomic E-state index is 0.0524. The van der Waals surface area contributed by atoms with Crippen LogP contribution in [0, 0.1) is 0 Å². The van der Waals surface area contributed by atoms with E-state index in [2.05, 4.69) is 19.2 Å². The Bertz CT molecular complexity index is 547. The number of anilines is 1. The number of rotatable bonds is 2. The van der Waals surface area contributed by atoms with E-state index < -0.39 is 11.8 Å². The highest BCUT2D eigenvalue weighted by Crippen LogP contribution is 2.23. The van der Waals surface area contributed by atoms with Crippen molar-refractivity contribution in [3.05, 3.63) is 29.8 Å². The fourth-order valence-corrected chi connectivity index (χ4v) is 2.78. The second-order valence-corrected chi connectivity index (χ2v) is 6.16. The maximum Gasteiger partial charge on any atom is 0.313 e. The van der Waals surface area contributed by atoms with E-state index >= 15 is 0 Å². The highest BCUT2D eigenvalue weighted by molar-refractivity contribution is 6.39. The lowest BCUT2D eigenvalue weighted by Gasteiger charge is -2.34. The van der Waals surface area contributed by atoms with E-state index in [0.29, 0.717) is 18.8 Å². The Morgan fingerprint density at radius 1 is 1.18 bits per heavy atom. The maximum absolute atomic E-state index is 12.3. The number of nitrogens with zero attached hydrogens (tertiary/aromatic N) is 1. The van der Waals surface area contributed by atoms with Crippen LogP contribution in [-0.4, -0.2) is 42.0 Å². The van der Waals surface area contributed by atoms with Gasteiger partial charge >= 0.3 is 11.8 Å². The molecule has 5 heteroatoms. The first-order chi connectivity index (χ1) is 10.4. The molecular formula is C17H24N2O3. The van der Waals surface area contributed by atoms with Crippen molar-refractivity contribution in [2.45, 2.75) is 45.8 Å². The number of hydrogen-bond donors (Lipinski definition) is 1. The summed E-state index contributed by atoms with van der Waals surface area (Å²) in [4.78, 5) is 26.2. The van der Waals surface area contributed by atoms with E-state index in [1.54, 1.807) is 4.90 Å². The summed E-state index contributed by atoms with van der Waals surface area (Å²) >= 11 is 0. The second-order valence-electron chi connectivity index (χ2n) is 6.16. The molecule has 5 nitrogen and oxygen atoms in total. The quantitative estimate of drug-likeness (QED) is 0.854. The van der Waals surface area contributed by atoms with Gasteiger partial charge in [-0.25, -0.2) is 0 Å². The highest BCUT2D eigenvalue weighted by Gasteiger charge is 2.30. The molecule has 1 aliphatic heterocycles. The Morgan fingerprint density at radius 3 is 2.36 bits per heavy atom. The van der Waals surface area contributed by atoms with Crippen LogP contribution < -0.4 is 5.32 Å². The van der Waals surface area contributed by atoms with Crippen molar-refractivity contribution in [3.63, 3.8) is 0 Å². The number of nitrogens with one attached hydrogen (secondary N) is 1. The number of ether oxygens (including phenoxy) is 1. The predicted octanol–water partition coefficient (Wildman–Crippen LogP) is 2.38. The Morgan fingerprint density at radius 2 is 1.77 bits per heavy atom. The zero-order valence-corrected chi connectivity index (χ0v) is 13.6. The molecule has 22 heavy (non-hydrogen) atoms. The molecule has 0 aromatic heterocycles. The molecule has 1 aromatic carbocycles. The first kappa shape index (κ1) is 16.5. The Kier molecular flexibility index (Phi) is 5.19. The molecule has 1 heterocycles. The molecule has 2 atom stereocenters. The van der Waals surface area contributed by atoms with Crippen molar-refractivity contribution < 1.29 is 14.3 Å². The van der Waals surface area contributed by atoms with Crippen LogP contribution in [-0.2, 0) is 14.3 Å². The predicted molar refractivity (Wildman–Crippen MR) is 85.7 cm³/mol. The van der Waals surface area contributed by atoms with Gasteiger partial charge in [0.05, 0.1) is 12.2 Å². The minimum Gasteiger partial charge on any atom is -0.372 e. The van der Waals surface area contributed by atoms with E-state index in [0.717, 1.165) is 5.56 Å². The molecule has 0 saturated carbocycles. The first-order valence-corrected chi connectivity index (χ1v) is 7.73. The van der Waals surface area contributed by atoms with Gasteiger partial charge in [0.2, 0.25) is 0 Å². The largest absolute Gasteiger partial charge is 0.372 e. The number of para-hydroxylation sites is 1. The average Bonchev–Trinajstić information content (AvgIpc) is 2.45. The van der Waals surface area contributed by atoms with Gasteiger partial charge in [0, 0.05) is 18.8 Å². The number of benzene rings is 1. The van der Waals surface area contributed by atoms with E-state index in [1.165, 1.54) is 0 Å². The van der Waals surface area contributed by atoms with Gasteiger partial charge in [0.25, 0.3) is 0 Å². The summed E-state index contributed by atoms with van der Waals surface area (Å²) in [6.07, 6.45) is -0.105. The van der Waals surface area contributed by atoms with Crippen molar-refractivity contribution in [2.24, 2.45) is 0 Å². The van der Waals surface area contributed by atoms with E-state index in [4.69, 9.17) is 4.74 Å². The van der Waals surface area contributed by atoms with Crippen LogP contribution in [0.4, 0.5) is 5.69 Å². The molecule has 1 saturated heterocycles. The number of carbonyl (C=O) groups excluding carboxylic acids is 2. The lowest BCUT2D eigenvalue weighted by Crippen LogP contribution is -2.51. The average molecular weight is 304 g/mol. The van der Waals surface area contributed by atoms with Crippen LogP contribution in [0.5, 0.6) is 0 Å². The second kappa shape index (κ2) is 6.92. The minimum atomic E-state index is -0.589. The fraction of sp³-hybridized carbons (Fsp3) is 0.529. The zero-order valence-electron chi connectivity index (χ0n) is 13.6. The smallest absolute Gasteiger partial charge is 0.313 e. The summed E-state index contributed by atoms with van der Waals surface area (Å²) in [7, 11) is 0. The summed E-state index contributed by atoms with van der Waals surface area (Å²) in [5.41, 5.74) is 1.72. The van der Waals surface area contributed by atoms with Crippen LogP contribution in [0.2, 0.25) is 0 Å². The van der Waals surface area contributed by atoms with E-state index in [9.17, 15) is 9.59 Å². The normalized spacial score (nSPS) is 21.8. The van der Waals surface area contributed by atoms with Gasteiger partial charge in [-0.15, -0.1) is 0 Å². The highest BCUT2D eigenvalue weighted by atomic mass is 16.5. The molecule has 120 valence electrons. The number of morpholine rings is 1. The summed E-state index contributed by atoms with van der Waals surface area (Å²) in [6.45, 7) is 8.81. The molecule has 1 N–H and O–H groups in total. The topological polar surface area (TPSA) is 58.6 Å². The lowest BCUT2D eigenvalue weighted by atomic mass is 10.0. The Balaban J connectivity index is 2.07. The van der Waals surface area contributed by atoms with E-state index in [1.807, 2.05) is 38.1 Å². The van der Waals surface area contributed by atoms with Crippen molar-refractivity contribution in [3.8, 4) is 0 Å². The summed E-state index contributed by atoms with van der Waals surface area (Å²) in [5.74, 6) is -0.815. The molecule has 0 spiro atoms. The van der Waals surface area contributed by atoms with Gasteiger partial charge in [0.1, 0.15) is 0 Å². The SMILES string of the molecule is CC1CN(C(=O)C(=O)Nc2ccccc2C(C)C)CC(C)O1. The third kappa shape index (κ3) is 3.85. The molecule has 0 bridgehead atoms. The summed E-state index contributed by atoms with van der Waals surface area (Å²) in [6, 6.07) is 7.57. The monoisotopic (exact) mass is 304 g/mol. The van der Waals surface area contributed by atoms with Gasteiger partial charge in [-0.2, -0.15) is 0 Å². The third-order valence-corrected chi connectivity index (χ3v) is 3.73. The number of hydrogen-bond acceptors (Lipinski definition) is 3. The fourth-order valence-electron chi connectivity index (χ4n) is 2.78. The van der Waals surface area contributed by atoms with Crippen molar-refractivity contribution in [2.75, 3.05) is 18.4 Å². The molecule has 2 amide bonds. The standard InChI is InChI=1S/C17H24N2O3/c1-11(2)14-7-5-6-8-15(14)18-16(20)17(21)19-9-12(3)22-13(4)10-19/h5-8,11-13H,9-10H2,1-4H3,(H,18,20). The Hall–Kier alpha value is -1.88. The van der Waals surface area contributed by atoms with Crippen LogP contribution in [0.3, 0.4) is 0 Å². The lowest BCUT2D eigenvalue weighted by molar-refractivity contribution is -0.151. The van der Waals surface area contributed by atoms with Gasteiger partial charge in [-0.3, -0.25) is 9.59 Å². The summed E-state index contributed by atoms with van der Waals surface area (Å²) in [5, 5.41) is 2.75. The van der Waals surface area contributed by atoms with Crippen LogP contribution in [0.15, 0.2) is 24.3 Å². The van der Waals surface area contributed by atoms with Crippen molar-refractivity contribution in [1.29, 1.82) is 0 Å². The van der Waals surface area contributed by atoms with Crippen molar-refractivity contribution >= 4 is 17.5 Å². The van der Waals surface area contributed by atoms with E-state index in [-0.39, 0.29) is 18.1 Å². The van der Waals surface area contributed by atoms with Crippen LogP contribution >= 0.6 is 0 Å². The molecule has 0 aliphatic carbocycles. The molecule has 0 radical (unpaired) electrons. The molecule has 1 aromatic rings. The zero-order chi connectivity index (χ0) is 16.3. The van der Waals surface area contributed by atoms with Crippen molar-refractivity contribution in [1.82, 2.24) is 4.90 Å². The summed E-state index contributed by atoms with van der Waals surface area (Å²) < 4.78 is 5.59. The van der Waals surface area contributed by atoms with Gasteiger partial charge in [-0.1, -0.05) is 32.0 Å². The molecule has 1 fully saturated rings. The third-order valence-electron chi connectivity index (χ3n) is 3.73. The van der Waals surface area contributed by atoms with Gasteiger partial charge < -0.3 is 15.0 Å². The maximum atomic E-state index is 12.3. The van der Waals surface area contributed by atoms with Gasteiger partial charge in [0.15, 0.2) is 0 Å². The van der Waals surface area contributed by atoms with Crippen LogP contribution in [0.1, 0.15) is 39.2 Å². The molecule has 2 rings (SSSR count). The first-order valence-electron chi connectivity index (χ1n) is 7.73. The molecule has 1 aliphatic rings. The van der Waals surface area contributed by atoms with Gasteiger partial charge in [-0.05, 0) is 31.4 Å². The Labute approximate surface area is 131 Å². The number of amides is 2.